The minimum atomic E-state index is -0.496. The number of aryl methyl sites for hydroxylation is 1. The van der Waals surface area contributed by atoms with Crippen LogP contribution in [-0.2, 0) is 10.5 Å². The predicted octanol–water partition coefficient (Wildman–Crippen LogP) is 5.68. The highest BCUT2D eigenvalue weighted by Gasteiger charge is 2.42. The normalized spacial score (nSPS) is 19.0. The zero-order valence-electron chi connectivity index (χ0n) is 19.5. The lowest BCUT2D eigenvalue weighted by Gasteiger charge is -2.36. The molecule has 0 saturated carbocycles. The summed E-state index contributed by atoms with van der Waals surface area (Å²) in [4.78, 5) is 18.2. The number of benzene rings is 3. The number of hydrogen-bond acceptors (Lipinski definition) is 5. The summed E-state index contributed by atoms with van der Waals surface area (Å²) in [7, 11) is 0. The molecule has 5 rings (SSSR count). The van der Waals surface area contributed by atoms with Crippen molar-refractivity contribution in [2.75, 3.05) is 10.6 Å². The Balaban J connectivity index is 1.48. The second kappa shape index (κ2) is 9.92. The van der Waals surface area contributed by atoms with Crippen LogP contribution in [-0.4, -0.2) is 26.7 Å². The molecule has 2 heterocycles. The summed E-state index contributed by atoms with van der Waals surface area (Å²) in [6, 6.07) is 23.2. The Morgan fingerprint density at radius 3 is 2.51 bits per heavy atom. The number of nitrogens with one attached hydrogen (secondary N) is 2. The molecule has 0 saturated heterocycles. The number of anilines is 2. The molecule has 0 spiro atoms. The zero-order valence-corrected chi connectivity index (χ0v) is 20.3. The first-order chi connectivity index (χ1) is 17.0. The standard InChI is InChI=1S/C27H26FN5OS/c1-17-8-6-7-9-20(17)16-35-27-31-26-29-18(2)23(25(34)30-22-10-4-3-5-11-22)24(33(26)32-27)19-12-14-21(28)15-13-19/h3-15,18,23-24H,16H2,1-2H3,(H,30,34)(H,29,31,32)/t18-,23-,24-/m1/s1. The average Bonchev–Trinajstić information content (AvgIpc) is 3.26. The van der Waals surface area contributed by atoms with Gasteiger partial charge in [0.2, 0.25) is 17.0 Å². The Hall–Kier alpha value is -3.65. The van der Waals surface area contributed by atoms with E-state index in [2.05, 4.69) is 29.7 Å². The van der Waals surface area contributed by atoms with Crippen LogP contribution in [0.1, 0.15) is 29.7 Å². The topological polar surface area (TPSA) is 71.8 Å². The lowest BCUT2D eigenvalue weighted by molar-refractivity contribution is -0.121. The van der Waals surface area contributed by atoms with Crippen LogP contribution in [0, 0.1) is 18.7 Å². The number of nitrogens with zero attached hydrogens (tertiary/aromatic N) is 3. The van der Waals surface area contributed by atoms with Crippen LogP contribution in [0.5, 0.6) is 0 Å². The summed E-state index contributed by atoms with van der Waals surface area (Å²) in [6.45, 7) is 4.05. The number of para-hydroxylation sites is 1. The van der Waals surface area contributed by atoms with Gasteiger partial charge in [-0.1, -0.05) is 66.4 Å². The first-order valence-electron chi connectivity index (χ1n) is 11.5. The Kier molecular flexibility index (Phi) is 6.55. The molecule has 0 radical (unpaired) electrons. The van der Waals surface area contributed by atoms with Crippen molar-refractivity contribution in [2.24, 2.45) is 5.92 Å². The highest BCUT2D eigenvalue weighted by Crippen LogP contribution is 2.38. The van der Waals surface area contributed by atoms with Crippen molar-refractivity contribution >= 4 is 29.3 Å². The largest absolute Gasteiger partial charge is 0.351 e. The van der Waals surface area contributed by atoms with Crippen LogP contribution in [0.2, 0.25) is 0 Å². The molecule has 0 aliphatic carbocycles. The monoisotopic (exact) mass is 487 g/mol. The van der Waals surface area contributed by atoms with Crippen LogP contribution in [0.25, 0.3) is 0 Å². The Morgan fingerprint density at radius 2 is 1.77 bits per heavy atom. The SMILES string of the molecule is Cc1ccccc1CSc1nc2n(n1)[C@H](c1ccc(F)cc1)[C@H](C(=O)Nc1ccccc1)[C@@H](C)N2. The fraction of sp³-hybridized carbons (Fsp3) is 0.222. The minimum Gasteiger partial charge on any atom is -0.351 e. The van der Waals surface area contributed by atoms with Crippen molar-refractivity contribution < 1.29 is 9.18 Å². The first kappa shape index (κ1) is 23.1. The molecule has 0 fully saturated rings. The van der Waals surface area contributed by atoms with Crippen LogP contribution < -0.4 is 10.6 Å². The molecule has 6 nitrogen and oxygen atoms in total. The van der Waals surface area contributed by atoms with Gasteiger partial charge in [-0.2, -0.15) is 4.98 Å². The van der Waals surface area contributed by atoms with E-state index in [9.17, 15) is 9.18 Å². The van der Waals surface area contributed by atoms with Gasteiger partial charge in [0.25, 0.3) is 0 Å². The highest BCUT2D eigenvalue weighted by molar-refractivity contribution is 7.98. The van der Waals surface area contributed by atoms with Crippen molar-refractivity contribution in [3.8, 4) is 0 Å². The molecule has 35 heavy (non-hydrogen) atoms. The molecule has 4 aromatic rings. The number of hydrogen-bond donors (Lipinski definition) is 2. The van der Waals surface area contributed by atoms with Crippen LogP contribution in [0.15, 0.2) is 84.0 Å². The van der Waals surface area contributed by atoms with E-state index in [0.29, 0.717) is 11.1 Å². The molecule has 2 N–H and O–H groups in total. The summed E-state index contributed by atoms with van der Waals surface area (Å²) >= 11 is 1.55. The van der Waals surface area contributed by atoms with E-state index in [0.717, 1.165) is 17.0 Å². The van der Waals surface area contributed by atoms with E-state index in [4.69, 9.17) is 10.1 Å². The Bertz CT molecular complexity index is 1330. The number of carbonyl (C=O) groups excluding carboxylic acids is 1. The molecule has 178 valence electrons. The van der Waals surface area contributed by atoms with Gasteiger partial charge in [-0.3, -0.25) is 4.79 Å². The lowest BCUT2D eigenvalue weighted by atomic mass is 9.85. The summed E-state index contributed by atoms with van der Waals surface area (Å²) in [5, 5.41) is 11.8. The van der Waals surface area contributed by atoms with Crippen molar-refractivity contribution in [1.29, 1.82) is 0 Å². The first-order valence-corrected chi connectivity index (χ1v) is 12.5. The molecule has 0 bridgehead atoms. The van der Waals surface area contributed by atoms with Crippen molar-refractivity contribution in [2.45, 2.75) is 36.8 Å². The summed E-state index contributed by atoms with van der Waals surface area (Å²) in [6.07, 6.45) is 0. The molecule has 3 aromatic carbocycles. The van der Waals surface area contributed by atoms with Crippen LogP contribution >= 0.6 is 11.8 Å². The third-order valence-electron chi connectivity index (χ3n) is 6.28. The number of carbonyl (C=O) groups is 1. The van der Waals surface area contributed by atoms with Gasteiger partial charge >= 0.3 is 0 Å². The second-order valence-corrected chi connectivity index (χ2v) is 9.63. The van der Waals surface area contributed by atoms with E-state index >= 15 is 0 Å². The van der Waals surface area contributed by atoms with E-state index in [1.807, 2.05) is 49.4 Å². The van der Waals surface area contributed by atoms with E-state index in [1.165, 1.54) is 23.3 Å². The maximum atomic E-state index is 13.7. The molecule has 3 atom stereocenters. The van der Waals surface area contributed by atoms with Crippen molar-refractivity contribution in [3.63, 3.8) is 0 Å². The predicted molar refractivity (Wildman–Crippen MR) is 137 cm³/mol. The van der Waals surface area contributed by atoms with Gasteiger partial charge in [0.05, 0.1) is 12.0 Å². The van der Waals surface area contributed by atoms with Gasteiger partial charge in [-0.15, -0.1) is 5.10 Å². The molecule has 1 aliphatic heterocycles. The van der Waals surface area contributed by atoms with Gasteiger partial charge in [-0.05, 0) is 54.8 Å². The molecular formula is C27H26FN5OS. The third-order valence-corrected chi connectivity index (χ3v) is 7.17. The van der Waals surface area contributed by atoms with Crippen molar-refractivity contribution in [1.82, 2.24) is 14.8 Å². The van der Waals surface area contributed by atoms with Gasteiger partial charge in [0, 0.05) is 17.5 Å². The van der Waals surface area contributed by atoms with E-state index in [-0.39, 0.29) is 17.8 Å². The number of thioether (sulfide) groups is 1. The molecule has 0 unspecified atom stereocenters. The van der Waals surface area contributed by atoms with Gasteiger partial charge < -0.3 is 10.6 Å². The Labute approximate surface area is 208 Å². The number of aromatic nitrogens is 3. The van der Waals surface area contributed by atoms with Gasteiger partial charge in [0.1, 0.15) is 5.82 Å². The summed E-state index contributed by atoms with van der Waals surface area (Å²) in [5.41, 5.74) is 3.97. The maximum absolute atomic E-state index is 13.7. The molecule has 8 heteroatoms. The Morgan fingerprint density at radius 1 is 1.06 bits per heavy atom. The van der Waals surface area contributed by atoms with Crippen LogP contribution in [0.4, 0.5) is 16.0 Å². The zero-order chi connectivity index (χ0) is 24.4. The summed E-state index contributed by atoms with van der Waals surface area (Å²) < 4.78 is 15.5. The number of fused-ring (bicyclic) bond motifs is 1. The highest BCUT2D eigenvalue weighted by atomic mass is 32.2. The van der Waals surface area contributed by atoms with Gasteiger partial charge in [-0.25, -0.2) is 9.07 Å². The second-order valence-electron chi connectivity index (χ2n) is 8.69. The quantitative estimate of drug-likeness (QED) is 0.343. The fourth-order valence-electron chi connectivity index (χ4n) is 4.42. The summed E-state index contributed by atoms with van der Waals surface area (Å²) in [5.74, 6) is 0.382. The maximum Gasteiger partial charge on any atom is 0.232 e. The van der Waals surface area contributed by atoms with E-state index in [1.54, 1.807) is 28.6 Å². The fourth-order valence-corrected chi connectivity index (χ4v) is 5.32. The molecule has 1 amide bonds. The lowest BCUT2D eigenvalue weighted by Crippen LogP contribution is -2.46. The molecule has 1 aliphatic rings. The molecular weight excluding hydrogens is 461 g/mol. The number of halogens is 1. The third kappa shape index (κ3) is 4.93. The number of amides is 1. The van der Waals surface area contributed by atoms with Crippen molar-refractivity contribution in [3.05, 3.63) is 101 Å². The van der Waals surface area contributed by atoms with Gasteiger partial charge in [0.15, 0.2) is 0 Å². The smallest absolute Gasteiger partial charge is 0.232 e. The van der Waals surface area contributed by atoms with E-state index < -0.39 is 12.0 Å². The minimum absolute atomic E-state index is 0.138. The number of rotatable bonds is 6. The average molecular weight is 488 g/mol. The molecule has 1 aromatic heterocycles. The van der Waals surface area contributed by atoms with Crippen LogP contribution in [0.3, 0.4) is 0 Å².